The van der Waals surface area contributed by atoms with Crippen LogP contribution in [0.1, 0.15) is 32.7 Å². The van der Waals surface area contributed by atoms with Gasteiger partial charge in [0.05, 0.1) is 22.5 Å². The molecule has 1 amide bonds. The molecule has 3 aromatic carbocycles. The molecule has 0 spiro atoms. The van der Waals surface area contributed by atoms with Crippen molar-refractivity contribution in [1.82, 2.24) is 9.97 Å². The first-order chi connectivity index (χ1) is 16.2. The van der Waals surface area contributed by atoms with Crippen molar-refractivity contribution in [3.8, 4) is 0 Å². The first kappa shape index (κ1) is 21.0. The van der Waals surface area contributed by atoms with Gasteiger partial charge in [0.1, 0.15) is 0 Å². The Morgan fingerprint density at radius 3 is 2.33 bits per heavy atom. The van der Waals surface area contributed by atoms with Crippen molar-refractivity contribution < 1.29 is 4.79 Å². The van der Waals surface area contributed by atoms with Crippen LogP contribution < -0.4 is 4.90 Å². The van der Waals surface area contributed by atoms with E-state index in [4.69, 9.17) is 4.98 Å². The number of carbonyl (C=O) groups excluding carboxylic acids is 1. The number of aryl methyl sites for hydroxylation is 1. The van der Waals surface area contributed by atoms with Crippen LogP contribution in [-0.4, -0.2) is 15.9 Å². The van der Waals surface area contributed by atoms with Gasteiger partial charge in [-0.3, -0.25) is 14.7 Å². The fourth-order valence-corrected chi connectivity index (χ4v) is 4.86. The second kappa shape index (κ2) is 9.35. The molecule has 0 atom stereocenters. The first-order valence-electron chi connectivity index (χ1n) is 10.9. The zero-order chi connectivity index (χ0) is 22.6. The molecule has 0 aliphatic heterocycles. The second-order valence-electron chi connectivity index (χ2n) is 7.99. The third-order valence-electron chi connectivity index (χ3n) is 5.58. The molecule has 33 heavy (non-hydrogen) atoms. The number of anilines is 1. The minimum Gasteiger partial charge on any atom is -0.278 e. The minimum absolute atomic E-state index is 0.0800. The predicted molar refractivity (Wildman–Crippen MR) is 135 cm³/mol. The summed E-state index contributed by atoms with van der Waals surface area (Å²) in [5.41, 5.74) is 5.92. The predicted octanol–water partition coefficient (Wildman–Crippen LogP) is 6.44. The van der Waals surface area contributed by atoms with Gasteiger partial charge in [-0.15, -0.1) is 0 Å². The summed E-state index contributed by atoms with van der Waals surface area (Å²) in [5, 5.41) is 0.684. The maximum atomic E-state index is 13.6. The van der Waals surface area contributed by atoms with Crippen molar-refractivity contribution in [3.63, 3.8) is 0 Å². The third kappa shape index (κ3) is 4.69. The highest BCUT2D eigenvalue weighted by Gasteiger charge is 2.22. The second-order valence-corrected chi connectivity index (χ2v) is 9.00. The summed E-state index contributed by atoms with van der Waals surface area (Å²) in [7, 11) is 0. The fourth-order valence-electron chi connectivity index (χ4n) is 3.82. The number of hydrogen-bond acceptors (Lipinski definition) is 4. The first-order valence-corrected chi connectivity index (χ1v) is 11.7. The summed E-state index contributed by atoms with van der Waals surface area (Å²) in [4.78, 5) is 24.6. The molecule has 0 bridgehead atoms. The molecule has 5 aromatic rings. The number of para-hydroxylation sites is 1. The highest BCUT2D eigenvalue weighted by Crippen LogP contribution is 2.32. The highest BCUT2D eigenvalue weighted by atomic mass is 32.1. The number of rotatable bonds is 6. The van der Waals surface area contributed by atoms with Crippen molar-refractivity contribution in [2.45, 2.75) is 19.9 Å². The monoisotopic (exact) mass is 449 g/mol. The SMILES string of the molecule is Cc1cccc2sc(N(Cc3ccccn3)C(=O)c3ccc(Cc4ccccc4)cc3)nc12. The number of benzene rings is 3. The lowest BCUT2D eigenvalue weighted by Gasteiger charge is -2.20. The van der Waals surface area contributed by atoms with E-state index in [-0.39, 0.29) is 5.91 Å². The van der Waals surface area contributed by atoms with Crippen molar-refractivity contribution in [1.29, 1.82) is 0 Å². The molecule has 0 aliphatic carbocycles. The lowest BCUT2D eigenvalue weighted by molar-refractivity contribution is 0.0985. The molecule has 0 unspecified atom stereocenters. The molecular formula is C28H23N3OS. The molecule has 2 heterocycles. The summed E-state index contributed by atoms with van der Waals surface area (Å²) in [6.07, 6.45) is 2.59. The van der Waals surface area contributed by atoms with Crippen molar-refractivity contribution >= 4 is 32.6 Å². The van der Waals surface area contributed by atoms with Gasteiger partial charge in [0.2, 0.25) is 0 Å². The molecule has 0 radical (unpaired) electrons. The molecule has 0 aliphatic rings. The van der Waals surface area contributed by atoms with Crippen LogP contribution >= 0.6 is 11.3 Å². The number of amides is 1. The van der Waals surface area contributed by atoms with Gasteiger partial charge in [-0.25, -0.2) is 4.98 Å². The Labute approximate surface area is 197 Å². The molecule has 0 fully saturated rings. The number of thiazole rings is 1. The van der Waals surface area contributed by atoms with E-state index < -0.39 is 0 Å². The van der Waals surface area contributed by atoms with E-state index in [1.54, 1.807) is 11.1 Å². The van der Waals surface area contributed by atoms with Crippen molar-refractivity contribution in [3.05, 3.63) is 125 Å². The molecule has 5 rings (SSSR count). The van der Waals surface area contributed by atoms with Crippen LogP contribution in [0.2, 0.25) is 0 Å². The highest BCUT2D eigenvalue weighted by molar-refractivity contribution is 7.22. The zero-order valence-corrected chi connectivity index (χ0v) is 19.1. The quantitative estimate of drug-likeness (QED) is 0.300. The topological polar surface area (TPSA) is 46.1 Å². The lowest BCUT2D eigenvalue weighted by atomic mass is 10.0. The summed E-state index contributed by atoms with van der Waals surface area (Å²) in [5.74, 6) is -0.0800. The minimum atomic E-state index is -0.0800. The van der Waals surface area contributed by atoms with Crippen LogP contribution in [0, 0.1) is 6.92 Å². The van der Waals surface area contributed by atoms with Crippen molar-refractivity contribution in [2.75, 3.05) is 4.90 Å². The Hall–Kier alpha value is -3.83. The van der Waals surface area contributed by atoms with Gasteiger partial charge in [-0.1, -0.05) is 72.0 Å². The fraction of sp³-hybridized carbons (Fsp3) is 0.107. The molecule has 4 nitrogen and oxygen atoms in total. The van der Waals surface area contributed by atoms with E-state index in [0.717, 1.165) is 27.9 Å². The van der Waals surface area contributed by atoms with E-state index in [9.17, 15) is 4.79 Å². The number of aromatic nitrogens is 2. The van der Waals surface area contributed by atoms with Crippen LogP contribution in [0.5, 0.6) is 0 Å². The van der Waals surface area contributed by atoms with Crippen LogP contribution in [0.4, 0.5) is 5.13 Å². The summed E-state index contributed by atoms with van der Waals surface area (Å²) in [6.45, 7) is 2.41. The van der Waals surface area contributed by atoms with Gasteiger partial charge < -0.3 is 0 Å². The maximum Gasteiger partial charge on any atom is 0.260 e. The molecular weight excluding hydrogens is 426 g/mol. The number of nitrogens with zero attached hydrogens (tertiary/aromatic N) is 3. The van der Waals surface area contributed by atoms with Crippen LogP contribution in [0.15, 0.2) is 97.2 Å². The Bertz CT molecular complexity index is 1380. The third-order valence-corrected chi connectivity index (χ3v) is 6.63. The summed E-state index contributed by atoms with van der Waals surface area (Å²) >= 11 is 1.53. The van der Waals surface area contributed by atoms with Gasteiger partial charge in [0.25, 0.3) is 5.91 Å². The van der Waals surface area contributed by atoms with Gasteiger partial charge in [0.15, 0.2) is 5.13 Å². The Morgan fingerprint density at radius 2 is 1.61 bits per heavy atom. The number of pyridine rings is 1. The Balaban J connectivity index is 1.46. The van der Waals surface area contributed by atoms with Crippen LogP contribution in [0.3, 0.4) is 0 Å². The van der Waals surface area contributed by atoms with E-state index >= 15 is 0 Å². The zero-order valence-electron chi connectivity index (χ0n) is 18.3. The van der Waals surface area contributed by atoms with Crippen LogP contribution in [-0.2, 0) is 13.0 Å². The molecule has 0 saturated carbocycles. The smallest absolute Gasteiger partial charge is 0.260 e. The Kier molecular flexibility index (Phi) is 5.96. The summed E-state index contributed by atoms with van der Waals surface area (Å²) < 4.78 is 1.07. The van der Waals surface area contributed by atoms with Gasteiger partial charge in [-0.05, 0) is 60.4 Å². The average molecular weight is 450 g/mol. The van der Waals surface area contributed by atoms with Crippen LogP contribution in [0.25, 0.3) is 10.2 Å². The molecule has 5 heteroatoms. The Morgan fingerprint density at radius 1 is 0.848 bits per heavy atom. The maximum absolute atomic E-state index is 13.6. The lowest BCUT2D eigenvalue weighted by Crippen LogP contribution is -2.30. The van der Waals surface area contributed by atoms with E-state index in [1.165, 1.54) is 22.5 Å². The van der Waals surface area contributed by atoms with Crippen molar-refractivity contribution in [2.24, 2.45) is 0 Å². The molecule has 2 aromatic heterocycles. The number of fused-ring (bicyclic) bond motifs is 1. The van der Waals surface area contributed by atoms with Gasteiger partial charge in [0, 0.05) is 11.8 Å². The van der Waals surface area contributed by atoms with E-state index in [0.29, 0.717) is 17.2 Å². The molecule has 162 valence electrons. The largest absolute Gasteiger partial charge is 0.278 e. The van der Waals surface area contributed by atoms with E-state index in [2.05, 4.69) is 17.1 Å². The standard InChI is InChI=1S/C28H23N3OS/c1-20-8-7-12-25-26(20)30-28(33-25)31(19-24-11-5-6-17-29-24)27(32)23-15-13-22(14-16-23)18-21-9-3-2-4-10-21/h2-17H,18-19H2,1H3. The summed E-state index contributed by atoms with van der Waals surface area (Å²) in [6, 6.07) is 30.1. The van der Waals surface area contributed by atoms with E-state index in [1.807, 2.05) is 85.8 Å². The molecule has 0 N–H and O–H groups in total. The average Bonchev–Trinajstić information content (AvgIpc) is 3.29. The van der Waals surface area contributed by atoms with Gasteiger partial charge >= 0.3 is 0 Å². The van der Waals surface area contributed by atoms with Gasteiger partial charge in [-0.2, -0.15) is 0 Å². The number of hydrogen-bond donors (Lipinski definition) is 0. The number of carbonyl (C=O) groups is 1. The molecule has 0 saturated heterocycles. The normalized spacial score (nSPS) is 10.9.